The second-order valence-electron chi connectivity index (χ2n) is 5.64. The van der Waals surface area contributed by atoms with Crippen LogP contribution in [0.3, 0.4) is 0 Å². The average molecular weight is 344 g/mol. The van der Waals surface area contributed by atoms with Crippen LogP contribution in [0.2, 0.25) is 0 Å². The standard InChI is InChI=1S/C16H16N4OS2/c1-10-7-17-14(23-10)9-20-5-4-12-11(8-20)16(21)19-15(18-12)13-3-2-6-22-13/h2-3,6-7H,4-5,8-9H2,1H3,(H,18,19,21). The van der Waals surface area contributed by atoms with Gasteiger partial charge in [0.2, 0.25) is 0 Å². The van der Waals surface area contributed by atoms with Crippen molar-refractivity contribution in [3.63, 3.8) is 0 Å². The lowest BCUT2D eigenvalue weighted by Gasteiger charge is -2.26. The second kappa shape index (κ2) is 5.99. The van der Waals surface area contributed by atoms with Gasteiger partial charge >= 0.3 is 0 Å². The maximum Gasteiger partial charge on any atom is 0.255 e. The first-order valence-electron chi connectivity index (χ1n) is 7.48. The summed E-state index contributed by atoms with van der Waals surface area (Å²) in [6.07, 6.45) is 2.71. The number of nitrogens with zero attached hydrogens (tertiary/aromatic N) is 3. The summed E-state index contributed by atoms with van der Waals surface area (Å²) in [7, 11) is 0. The fraction of sp³-hybridized carbons (Fsp3) is 0.312. The summed E-state index contributed by atoms with van der Waals surface area (Å²) in [4.78, 5) is 29.0. The first kappa shape index (κ1) is 14.7. The molecule has 0 radical (unpaired) electrons. The Labute approximate surface area is 141 Å². The van der Waals surface area contributed by atoms with Crippen molar-refractivity contribution in [1.29, 1.82) is 0 Å². The van der Waals surface area contributed by atoms with E-state index in [-0.39, 0.29) is 5.56 Å². The van der Waals surface area contributed by atoms with E-state index in [1.807, 2.05) is 23.7 Å². The molecule has 1 aliphatic rings. The fourth-order valence-electron chi connectivity index (χ4n) is 2.81. The second-order valence-corrected chi connectivity index (χ2v) is 7.91. The third kappa shape index (κ3) is 2.99. The van der Waals surface area contributed by atoms with Gasteiger partial charge in [0.1, 0.15) is 5.01 Å². The van der Waals surface area contributed by atoms with E-state index in [1.165, 1.54) is 4.88 Å². The fourth-order valence-corrected chi connectivity index (χ4v) is 4.31. The minimum Gasteiger partial charge on any atom is -0.306 e. The van der Waals surface area contributed by atoms with Gasteiger partial charge in [-0.2, -0.15) is 0 Å². The minimum atomic E-state index is -0.0154. The Balaban J connectivity index is 1.59. The number of aromatic amines is 1. The molecule has 0 spiro atoms. The van der Waals surface area contributed by atoms with E-state index in [2.05, 4.69) is 26.8 Å². The number of thiazole rings is 1. The number of nitrogens with one attached hydrogen (secondary N) is 1. The maximum absolute atomic E-state index is 12.5. The van der Waals surface area contributed by atoms with E-state index in [0.717, 1.165) is 40.7 Å². The van der Waals surface area contributed by atoms with Crippen molar-refractivity contribution in [2.24, 2.45) is 0 Å². The number of aryl methyl sites for hydroxylation is 1. The molecule has 0 fully saturated rings. The molecular formula is C16H16N4OS2. The molecule has 3 aromatic rings. The van der Waals surface area contributed by atoms with E-state index in [0.29, 0.717) is 12.4 Å². The Morgan fingerprint density at radius 1 is 1.43 bits per heavy atom. The Morgan fingerprint density at radius 2 is 2.35 bits per heavy atom. The minimum absolute atomic E-state index is 0.0154. The molecule has 0 atom stereocenters. The molecule has 0 saturated carbocycles. The van der Waals surface area contributed by atoms with Gasteiger partial charge in [-0.25, -0.2) is 9.97 Å². The van der Waals surface area contributed by atoms with E-state index >= 15 is 0 Å². The van der Waals surface area contributed by atoms with Gasteiger partial charge in [-0.15, -0.1) is 22.7 Å². The molecule has 0 unspecified atom stereocenters. The highest BCUT2D eigenvalue weighted by Gasteiger charge is 2.22. The zero-order valence-corrected chi connectivity index (χ0v) is 14.3. The Morgan fingerprint density at radius 3 is 3.09 bits per heavy atom. The normalized spacial score (nSPS) is 14.8. The average Bonchev–Trinajstić information content (AvgIpc) is 3.20. The van der Waals surface area contributed by atoms with Gasteiger partial charge in [-0.3, -0.25) is 9.69 Å². The Kier molecular flexibility index (Phi) is 3.84. The molecule has 5 nitrogen and oxygen atoms in total. The molecule has 0 bridgehead atoms. The van der Waals surface area contributed by atoms with Crippen molar-refractivity contribution < 1.29 is 0 Å². The zero-order valence-electron chi connectivity index (χ0n) is 12.7. The summed E-state index contributed by atoms with van der Waals surface area (Å²) in [5.41, 5.74) is 1.71. The molecule has 3 aromatic heterocycles. The molecule has 4 heterocycles. The molecule has 0 aliphatic carbocycles. The van der Waals surface area contributed by atoms with Crippen LogP contribution in [0.4, 0.5) is 0 Å². The zero-order chi connectivity index (χ0) is 15.8. The van der Waals surface area contributed by atoms with Crippen LogP contribution in [-0.4, -0.2) is 26.4 Å². The van der Waals surface area contributed by atoms with Crippen molar-refractivity contribution in [1.82, 2.24) is 19.9 Å². The van der Waals surface area contributed by atoms with Crippen molar-refractivity contribution in [3.05, 3.63) is 55.2 Å². The van der Waals surface area contributed by atoms with Gasteiger partial charge in [-0.1, -0.05) is 6.07 Å². The molecule has 23 heavy (non-hydrogen) atoms. The summed E-state index contributed by atoms with van der Waals surface area (Å²) in [5.74, 6) is 0.688. The summed E-state index contributed by atoms with van der Waals surface area (Å²) in [6, 6.07) is 3.95. The van der Waals surface area contributed by atoms with Crippen molar-refractivity contribution >= 4 is 22.7 Å². The highest BCUT2D eigenvalue weighted by molar-refractivity contribution is 7.13. The summed E-state index contributed by atoms with van der Waals surface area (Å²) >= 11 is 3.30. The number of fused-ring (bicyclic) bond motifs is 1. The van der Waals surface area contributed by atoms with Crippen LogP contribution in [0, 0.1) is 6.92 Å². The molecular weight excluding hydrogens is 328 g/mol. The maximum atomic E-state index is 12.5. The monoisotopic (exact) mass is 344 g/mol. The van der Waals surface area contributed by atoms with Gasteiger partial charge < -0.3 is 4.98 Å². The highest BCUT2D eigenvalue weighted by atomic mass is 32.1. The van der Waals surface area contributed by atoms with Crippen molar-refractivity contribution in [2.45, 2.75) is 26.4 Å². The number of thiophene rings is 1. The van der Waals surface area contributed by atoms with E-state index in [1.54, 1.807) is 22.7 Å². The Bertz CT molecular complexity index is 882. The number of rotatable bonds is 3. The van der Waals surface area contributed by atoms with E-state index < -0.39 is 0 Å². The smallest absolute Gasteiger partial charge is 0.255 e. The highest BCUT2D eigenvalue weighted by Crippen LogP contribution is 2.23. The van der Waals surface area contributed by atoms with Gasteiger partial charge in [0.15, 0.2) is 5.82 Å². The van der Waals surface area contributed by atoms with Gasteiger partial charge in [0, 0.05) is 30.6 Å². The van der Waals surface area contributed by atoms with Crippen LogP contribution < -0.4 is 5.56 Å². The van der Waals surface area contributed by atoms with Crippen molar-refractivity contribution in [3.8, 4) is 10.7 Å². The quantitative estimate of drug-likeness (QED) is 0.794. The molecule has 118 valence electrons. The SMILES string of the molecule is Cc1cnc(CN2CCc3nc(-c4cccs4)[nH]c(=O)c3C2)s1. The third-order valence-electron chi connectivity index (χ3n) is 3.93. The molecule has 0 aromatic carbocycles. The van der Waals surface area contributed by atoms with Crippen LogP contribution >= 0.6 is 22.7 Å². The number of H-pyrrole nitrogens is 1. The molecule has 1 N–H and O–H groups in total. The van der Waals surface area contributed by atoms with Crippen LogP contribution in [0.15, 0.2) is 28.5 Å². The first-order chi connectivity index (χ1) is 11.2. The number of aromatic nitrogens is 3. The summed E-state index contributed by atoms with van der Waals surface area (Å²) < 4.78 is 0. The molecule has 7 heteroatoms. The lowest BCUT2D eigenvalue weighted by molar-refractivity contribution is 0.241. The van der Waals surface area contributed by atoms with Crippen LogP contribution in [0.1, 0.15) is 21.1 Å². The van der Waals surface area contributed by atoms with Gasteiger partial charge in [-0.05, 0) is 18.4 Å². The van der Waals surface area contributed by atoms with E-state index in [4.69, 9.17) is 0 Å². The predicted octanol–water partition coefficient (Wildman–Crippen LogP) is 2.82. The molecule has 1 aliphatic heterocycles. The van der Waals surface area contributed by atoms with Crippen molar-refractivity contribution in [2.75, 3.05) is 6.54 Å². The third-order valence-corrected chi connectivity index (χ3v) is 5.70. The molecule has 0 amide bonds. The largest absolute Gasteiger partial charge is 0.306 e. The molecule has 4 rings (SSSR count). The van der Waals surface area contributed by atoms with Gasteiger partial charge in [0.05, 0.1) is 22.7 Å². The number of hydrogen-bond donors (Lipinski definition) is 1. The lowest BCUT2D eigenvalue weighted by Crippen LogP contribution is -2.35. The topological polar surface area (TPSA) is 61.9 Å². The number of hydrogen-bond acceptors (Lipinski definition) is 6. The summed E-state index contributed by atoms with van der Waals surface area (Å²) in [5, 5.41) is 3.09. The first-order valence-corrected chi connectivity index (χ1v) is 9.18. The Hall–Kier alpha value is -1.83. The van der Waals surface area contributed by atoms with Gasteiger partial charge in [0.25, 0.3) is 5.56 Å². The lowest BCUT2D eigenvalue weighted by atomic mass is 10.1. The van der Waals surface area contributed by atoms with E-state index in [9.17, 15) is 4.79 Å². The van der Waals surface area contributed by atoms with Crippen LogP contribution in [0.5, 0.6) is 0 Å². The van der Waals surface area contributed by atoms with Crippen LogP contribution in [0.25, 0.3) is 10.7 Å². The van der Waals surface area contributed by atoms with Crippen LogP contribution in [-0.2, 0) is 19.5 Å². The predicted molar refractivity (Wildman–Crippen MR) is 92.8 cm³/mol. The summed E-state index contributed by atoms with van der Waals surface area (Å²) in [6.45, 7) is 4.41. The molecule has 0 saturated heterocycles.